The summed E-state index contributed by atoms with van der Waals surface area (Å²) in [5.41, 5.74) is 6.55. The fourth-order valence-electron chi connectivity index (χ4n) is 3.07. The zero-order valence-corrected chi connectivity index (χ0v) is 12.7. The van der Waals surface area contributed by atoms with Gasteiger partial charge in [-0.2, -0.15) is 0 Å². The van der Waals surface area contributed by atoms with E-state index in [1.54, 1.807) is 11.3 Å². The van der Waals surface area contributed by atoms with Crippen LogP contribution in [0.25, 0.3) is 11.1 Å². The number of rotatable bonds is 3. The van der Waals surface area contributed by atoms with Crippen LogP contribution in [0.15, 0.2) is 53.9 Å². The topological polar surface area (TPSA) is 24.9 Å². The van der Waals surface area contributed by atoms with Gasteiger partial charge in [-0.1, -0.05) is 48.5 Å². The van der Waals surface area contributed by atoms with Crippen molar-refractivity contribution in [1.29, 1.82) is 0 Å². The van der Waals surface area contributed by atoms with Crippen molar-refractivity contribution in [2.24, 2.45) is 0 Å². The molecule has 0 unspecified atom stereocenters. The van der Waals surface area contributed by atoms with E-state index in [1.807, 2.05) is 6.92 Å². The van der Waals surface area contributed by atoms with Crippen LogP contribution in [0.3, 0.4) is 0 Å². The fraction of sp³-hybridized carbons (Fsp3) is 0.167. The van der Waals surface area contributed by atoms with E-state index >= 15 is 0 Å². The molecule has 0 atom stereocenters. The third-order valence-electron chi connectivity index (χ3n) is 3.99. The number of aromatic nitrogens is 1. The molecule has 104 valence electrons. The lowest BCUT2D eigenvalue weighted by atomic mass is 10.1. The lowest BCUT2D eigenvalue weighted by Gasteiger charge is -2.15. The van der Waals surface area contributed by atoms with Gasteiger partial charge >= 0.3 is 0 Å². The summed E-state index contributed by atoms with van der Waals surface area (Å²) in [4.78, 5) is 4.54. The first kappa shape index (κ1) is 12.7. The smallest absolute Gasteiger partial charge is 0.0897 e. The number of benzene rings is 2. The molecular formula is C18H16N2S. The number of nitrogens with one attached hydrogen (secondary N) is 1. The third kappa shape index (κ3) is 2.19. The Hall–Kier alpha value is -1.97. The highest BCUT2D eigenvalue weighted by Crippen LogP contribution is 2.43. The molecule has 0 spiro atoms. The van der Waals surface area contributed by atoms with Crippen molar-refractivity contribution in [3.8, 4) is 11.1 Å². The van der Waals surface area contributed by atoms with Gasteiger partial charge in [0.2, 0.25) is 0 Å². The monoisotopic (exact) mass is 292 g/mol. The van der Waals surface area contributed by atoms with Crippen LogP contribution < -0.4 is 5.32 Å². The van der Waals surface area contributed by atoms with E-state index < -0.39 is 0 Å². The number of nitrogens with zero attached hydrogens (tertiary/aromatic N) is 1. The van der Waals surface area contributed by atoms with Crippen LogP contribution in [0.1, 0.15) is 27.9 Å². The molecule has 0 amide bonds. The molecule has 1 aliphatic rings. The number of thiazole rings is 1. The molecule has 0 fully saturated rings. The number of hydrogen-bond acceptors (Lipinski definition) is 3. The van der Waals surface area contributed by atoms with Crippen molar-refractivity contribution in [2.45, 2.75) is 19.5 Å². The molecule has 0 saturated carbocycles. The van der Waals surface area contributed by atoms with Crippen LogP contribution in [0.5, 0.6) is 0 Å². The van der Waals surface area contributed by atoms with Gasteiger partial charge in [0.05, 0.1) is 16.7 Å². The Labute approximate surface area is 128 Å². The zero-order chi connectivity index (χ0) is 14.2. The minimum absolute atomic E-state index is 0.263. The van der Waals surface area contributed by atoms with E-state index in [2.05, 4.69) is 64.2 Å². The summed E-state index contributed by atoms with van der Waals surface area (Å²) in [6.45, 7) is 2.85. The minimum Gasteiger partial charge on any atom is -0.300 e. The molecule has 1 heterocycles. The quantitative estimate of drug-likeness (QED) is 0.778. The SMILES string of the molecule is Cc1nc(CNC2c3ccccc3-c3ccccc32)cs1. The van der Waals surface area contributed by atoms with Crippen LogP contribution in [0.4, 0.5) is 0 Å². The van der Waals surface area contributed by atoms with E-state index in [4.69, 9.17) is 0 Å². The second-order valence-electron chi connectivity index (χ2n) is 5.35. The van der Waals surface area contributed by atoms with Crippen molar-refractivity contribution in [2.75, 3.05) is 0 Å². The Kier molecular flexibility index (Phi) is 3.09. The molecule has 2 aromatic carbocycles. The lowest BCUT2D eigenvalue weighted by Crippen LogP contribution is -2.20. The van der Waals surface area contributed by atoms with Gasteiger partial charge < -0.3 is 5.32 Å². The molecule has 1 aromatic heterocycles. The van der Waals surface area contributed by atoms with Crippen LogP contribution in [0.2, 0.25) is 0 Å². The summed E-state index contributed by atoms with van der Waals surface area (Å²) in [5.74, 6) is 0. The first-order chi connectivity index (χ1) is 10.3. The van der Waals surface area contributed by atoms with Gasteiger partial charge in [0, 0.05) is 11.9 Å². The van der Waals surface area contributed by atoms with Crippen LogP contribution >= 0.6 is 11.3 Å². The van der Waals surface area contributed by atoms with Crippen molar-refractivity contribution in [3.05, 3.63) is 75.7 Å². The summed E-state index contributed by atoms with van der Waals surface area (Å²) < 4.78 is 0. The predicted octanol–water partition coefficient (Wildman–Crippen LogP) is 4.31. The first-order valence-corrected chi connectivity index (χ1v) is 8.03. The van der Waals surface area contributed by atoms with E-state index in [-0.39, 0.29) is 6.04 Å². The molecule has 0 saturated heterocycles. The molecular weight excluding hydrogens is 276 g/mol. The summed E-state index contributed by atoms with van der Waals surface area (Å²) in [5, 5.41) is 6.93. The molecule has 2 nitrogen and oxygen atoms in total. The Bertz CT molecular complexity index is 746. The molecule has 3 aromatic rings. The Balaban J connectivity index is 1.68. The van der Waals surface area contributed by atoms with Gasteiger partial charge in [0.15, 0.2) is 0 Å². The largest absolute Gasteiger partial charge is 0.300 e. The maximum absolute atomic E-state index is 4.54. The highest BCUT2D eigenvalue weighted by molar-refractivity contribution is 7.09. The summed E-state index contributed by atoms with van der Waals surface area (Å²) in [6, 6.07) is 17.6. The molecule has 0 radical (unpaired) electrons. The molecule has 21 heavy (non-hydrogen) atoms. The van der Waals surface area contributed by atoms with E-state index in [0.29, 0.717) is 0 Å². The molecule has 1 N–H and O–H groups in total. The van der Waals surface area contributed by atoms with Crippen LogP contribution in [-0.4, -0.2) is 4.98 Å². The molecule has 3 heteroatoms. The van der Waals surface area contributed by atoms with Crippen molar-refractivity contribution >= 4 is 11.3 Å². The molecule has 1 aliphatic carbocycles. The van der Waals surface area contributed by atoms with Crippen molar-refractivity contribution < 1.29 is 0 Å². The van der Waals surface area contributed by atoms with Gasteiger partial charge in [-0.25, -0.2) is 4.98 Å². The highest BCUT2D eigenvalue weighted by atomic mass is 32.1. The summed E-state index contributed by atoms with van der Waals surface area (Å²) in [7, 11) is 0. The Morgan fingerprint density at radius 1 is 1.00 bits per heavy atom. The highest BCUT2D eigenvalue weighted by Gasteiger charge is 2.27. The minimum atomic E-state index is 0.263. The number of aryl methyl sites for hydroxylation is 1. The first-order valence-electron chi connectivity index (χ1n) is 7.15. The van der Waals surface area contributed by atoms with Crippen molar-refractivity contribution in [3.63, 3.8) is 0 Å². The number of hydrogen-bond donors (Lipinski definition) is 1. The van der Waals surface area contributed by atoms with Gasteiger partial charge in [0.1, 0.15) is 0 Å². The van der Waals surface area contributed by atoms with Gasteiger partial charge in [0.25, 0.3) is 0 Å². The normalized spacial score (nSPS) is 13.2. The molecule has 0 aliphatic heterocycles. The maximum Gasteiger partial charge on any atom is 0.0897 e. The fourth-order valence-corrected chi connectivity index (χ4v) is 3.68. The van der Waals surface area contributed by atoms with E-state index in [0.717, 1.165) is 17.2 Å². The van der Waals surface area contributed by atoms with Gasteiger partial charge in [-0.05, 0) is 29.2 Å². The summed E-state index contributed by atoms with van der Waals surface area (Å²) in [6.07, 6.45) is 0. The van der Waals surface area contributed by atoms with Crippen molar-refractivity contribution in [1.82, 2.24) is 10.3 Å². The maximum atomic E-state index is 4.54. The molecule has 0 bridgehead atoms. The predicted molar refractivity (Wildman–Crippen MR) is 87.4 cm³/mol. The number of fused-ring (bicyclic) bond motifs is 3. The van der Waals surface area contributed by atoms with Gasteiger partial charge in [-0.3, -0.25) is 0 Å². The second-order valence-corrected chi connectivity index (χ2v) is 6.41. The van der Waals surface area contributed by atoms with Crippen LogP contribution in [-0.2, 0) is 6.54 Å². The zero-order valence-electron chi connectivity index (χ0n) is 11.8. The average Bonchev–Trinajstić information content (AvgIpc) is 3.07. The average molecular weight is 292 g/mol. The third-order valence-corrected chi connectivity index (χ3v) is 4.81. The van der Waals surface area contributed by atoms with Gasteiger partial charge in [-0.15, -0.1) is 11.3 Å². The lowest BCUT2D eigenvalue weighted by molar-refractivity contribution is 0.608. The van der Waals surface area contributed by atoms with E-state index in [9.17, 15) is 0 Å². The second kappa shape index (κ2) is 5.10. The Morgan fingerprint density at radius 2 is 1.62 bits per heavy atom. The summed E-state index contributed by atoms with van der Waals surface area (Å²) >= 11 is 1.71. The standard InChI is InChI=1S/C18H16N2S/c1-12-20-13(11-21-12)10-19-18-16-8-4-2-6-14(16)15-7-3-5-9-17(15)18/h2-9,11,18-19H,10H2,1H3. The van der Waals surface area contributed by atoms with E-state index in [1.165, 1.54) is 22.3 Å². The Morgan fingerprint density at radius 3 is 2.19 bits per heavy atom. The molecule has 4 rings (SSSR count). The van der Waals surface area contributed by atoms with Crippen LogP contribution in [0, 0.1) is 6.92 Å².